The van der Waals surface area contributed by atoms with Crippen molar-refractivity contribution >= 4 is 38.9 Å². The summed E-state index contributed by atoms with van der Waals surface area (Å²) in [7, 11) is 0. The molecule has 0 saturated heterocycles. The number of hydrogen-bond acceptors (Lipinski definition) is 3. The van der Waals surface area contributed by atoms with E-state index in [0.29, 0.717) is 17.1 Å². The molecule has 18 heavy (non-hydrogen) atoms. The highest BCUT2D eigenvalue weighted by atomic mass is 79.9. The molecule has 2 nitrogen and oxygen atoms in total. The van der Waals surface area contributed by atoms with E-state index in [9.17, 15) is 5.11 Å². The van der Waals surface area contributed by atoms with E-state index in [1.54, 1.807) is 17.4 Å². The molecule has 0 saturated carbocycles. The van der Waals surface area contributed by atoms with Crippen molar-refractivity contribution in [1.29, 1.82) is 0 Å². The summed E-state index contributed by atoms with van der Waals surface area (Å²) < 4.78 is 0.892. The zero-order valence-corrected chi connectivity index (χ0v) is 12.7. The summed E-state index contributed by atoms with van der Waals surface area (Å²) in [5, 5.41) is 13.0. The molecule has 0 aliphatic heterocycles. The molecule has 0 spiro atoms. The third kappa shape index (κ3) is 2.95. The Hall–Kier alpha value is -0.390. The number of nitrogens with two attached hydrogens (primary N) is 1. The van der Waals surface area contributed by atoms with E-state index >= 15 is 0 Å². The first kappa shape index (κ1) is 14.0. The third-order valence-corrected chi connectivity index (χ3v) is 4.65. The van der Waals surface area contributed by atoms with E-state index in [2.05, 4.69) is 15.9 Å². The third-order valence-electron chi connectivity index (χ3n) is 2.82. The van der Waals surface area contributed by atoms with Gasteiger partial charge in [-0.3, -0.25) is 0 Å². The summed E-state index contributed by atoms with van der Waals surface area (Å²) in [5.74, 6) is -0.122. The predicted molar refractivity (Wildman–Crippen MR) is 80.2 cm³/mol. The van der Waals surface area contributed by atoms with Crippen molar-refractivity contribution in [3.8, 4) is 0 Å². The smallest absolute Gasteiger partial charge is 0.0892 e. The summed E-state index contributed by atoms with van der Waals surface area (Å²) >= 11 is 11.1. The lowest BCUT2D eigenvalue weighted by molar-refractivity contribution is 0.149. The molecule has 96 valence electrons. The first-order valence-corrected chi connectivity index (χ1v) is 7.55. The second kappa shape index (κ2) is 6.17. The van der Waals surface area contributed by atoms with Crippen molar-refractivity contribution < 1.29 is 5.11 Å². The highest BCUT2D eigenvalue weighted by Crippen LogP contribution is 2.36. The van der Waals surface area contributed by atoms with Crippen LogP contribution in [0.25, 0.3) is 0 Å². The van der Waals surface area contributed by atoms with Crippen LogP contribution in [0.1, 0.15) is 22.5 Å². The van der Waals surface area contributed by atoms with Gasteiger partial charge in [0.25, 0.3) is 0 Å². The van der Waals surface area contributed by atoms with Crippen LogP contribution in [0, 0.1) is 0 Å². The van der Waals surface area contributed by atoms with Crippen molar-refractivity contribution in [2.75, 3.05) is 6.54 Å². The van der Waals surface area contributed by atoms with E-state index in [0.717, 1.165) is 9.35 Å². The molecule has 2 unspecified atom stereocenters. The van der Waals surface area contributed by atoms with Gasteiger partial charge < -0.3 is 10.8 Å². The fourth-order valence-electron chi connectivity index (χ4n) is 1.86. The number of rotatable bonds is 4. The van der Waals surface area contributed by atoms with Gasteiger partial charge in [0.05, 0.1) is 6.10 Å². The van der Waals surface area contributed by atoms with Gasteiger partial charge in [0, 0.05) is 26.8 Å². The van der Waals surface area contributed by atoms with Crippen LogP contribution in [0.4, 0.5) is 0 Å². The Morgan fingerprint density at radius 1 is 1.39 bits per heavy atom. The number of halogens is 2. The van der Waals surface area contributed by atoms with Gasteiger partial charge >= 0.3 is 0 Å². The van der Waals surface area contributed by atoms with E-state index in [1.807, 2.05) is 29.6 Å². The molecule has 1 aromatic heterocycles. The second-order valence-corrected chi connectivity index (χ2v) is 6.27. The van der Waals surface area contributed by atoms with Gasteiger partial charge in [-0.1, -0.05) is 39.7 Å². The molecule has 0 fully saturated rings. The molecule has 1 heterocycles. The van der Waals surface area contributed by atoms with Crippen molar-refractivity contribution in [3.05, 3.63) is 55.6 Å². The number of aliphatic hydroxyl groups excluding tert-OH is 1. The molecule has 2 aromatic rings. The quantitative estimate of drug-likeness (QED) is 0.881. The van der Waals surface area contributed by atoms with Crippen LogP contribution in [0.3, 0.4) is 0 Å². The maximum absolute atomic E-state index is 10.5. The summed E-state index contributed by atoms with van der Waals surface area (Å²) in [6.45, 7) is 0.383. The molecule has 2 rings (SSSR count). The molecule has 2 atom stereocenters. The average molecular weight is 347 g/mol. The zero-order chi connectivity index (χ0) is 13.1. The minimum atomic E-state index is -0.686. The van der Waals surface area contributed by atoms with Gasteiger partial charge in [0.1, 0.15) is 0 Å². The normalized spacial score (nSPS) is 14.4. The minimum absolute atomic E-state index is 0.122. The van der Waals surface area contributed by atoms with Crippen LogP contribution in [-0.4, -0.2) is 11.7 Å². The zero-order valence-electron chi connectivity index (χ0n) is 9.51. The van der Waals surface area contributed by atoms with Gasteiger partial charge in [-0.05, 0) is 29.1 Å². The number of benzene rings is 1. The Morgan fingerprint density at radius 3 is 2.72 bits per heavy atom. The largest absolute Gasteiger partial charge is 0.388 e. The summed E-state index contributed by atoms with van der Waals surface area (Å²) in [4.78, 5) is 1.07. The fourth-order valence-corrected chi connectivity index (χ4v) is 3.52. The predicted octanol–water partition coefficient (Wildman–Crippen LogP) is 3.94. The highest BCUT2D eigenvalue weighted by molar-refractivity contribution is 9.10. The molecule has 1 aromatic carbocycles. The molecule has 3 N–H and O–H groups in total. The van der Waals surface area contributed by atoms with Crippen molar-refractivity contribution in [3.63, 3.8) is 0 Å². The van der Waals surface area contributed by atoms with E-state index in [1.165, 1.54) is 0 Å². The van der Waals surface area contributed by atoms with Crippen LogP contribution >= 0.6 is 38.9 Å². The lowest BCUT2D eigenvalue weighted by Crippen LogP contribution is -2.19. The summed E-state index contributed by atoms with van der Waals surface area (Å²) in [5.41, 5.74) is 6.49. The van der Waals surface area contributed by atoms with Crippen molar-refractivity contribution in [2.45, 2.75) is 12.0 Å². The Bertz CT molecular complexity index is 518. The van der Waals surface area contributed by atoms with Crippen molar-refractivity contribution in [2.24, 2.45) is 5.73 Å². The molecule has 0 aliphatic carbocycles. The Morgan fingerprint density at radius 2 is 2.17 bits per heavy atom. The van der Waals surface area contributed by atoms with Crippen LogP contribution < -0.4 is 5.73 Å². The molecule has 0 aliphatic rings. The summed E-state index contributed by atoms with van der Waals surface area (Å²) in [6, 6.07) is 9.42. The van der Waals surface area contributed by atoms with Gasteiger partial charge in [-0.25, -0.2) is 0 Å². The van der Waals surface area contributed by atoms with Gasteiger partial charge in [0.15, 0.2) is 0 Å². The van der Waals surface area contributed by atoms with Crippen molar-refractivity contribution in [1.82, 2.24) is 0 Å². The van der Waals surface area contributed by atoms with Crippen LogP contribution in [-0.2, 0) is 0 Å². The Labute approximate surface area is 124 Å². The fraction of sp³-hybridized carbons (Fsp3) is 0.231. The van der Waals surface area contributed by atoms with E-state index in [-0.39, 0.29) is 5.92 Å². The number of aliphatic hydroxyl groups is 1. The molecular weight excluding hydrogens is 334 g/mol. The molecule has 0 bridgehead atoms. The van der Waals surface area contributed by atoms with Crippen LogP contribution in [0.2, 0.25) is 5.02 Å². The standard InChI is InChI=1S/C13H13BrClNOS/c14-8-3-4-9(11(15)6-8)13(17)10(7-16)12-2-1-5-18-12/h1-6,10,13,17H,7,16H2. The first-order chi connectivity index (χ1) is 8.63. The minimum Gasteiger partial charge on any atom is -0.388 e. The van der Waals surface area contributed by atoms with Gasteiger partial charge in [0.2, 0.25) is 0 Å². The van der Waals surface area contributed by atoms with Gasteiger partial charge in [-0.15, -0.1) is 11.3 Å². The highest BCUT2D eigenvalue weighted by Gasteiger charge is 2.24. The van der Waals surface area contributed by atoms with Crippen LogP contribution in [0.15, 0.2) is 40.2 Å². The molecule has 5 heteroatoms. The number of thiophene rings is 1. The van der Waals surface area contributed by atoms with E-state index < -0.39 is 6.10 Å². The molecular formula is C13H13BrClNOS. The lowest BCUT2D eigenvalue weighted by atomic mass is 9.94. The monoisotopic (exact) mass is 345 g/mol. The summed E-state index contributed by atoms with van der Waals surface area (Å²) in [6.07, 6.45) is -0.686. The number of hydrogen-bond donors (Lipinski definition) is 2. The first-order valence-electron chi connectivity index (χ1n) is 5.50. The lowest BCUT2D eigenvalue weighted by Gasteiger charge is -2.21. The van der Waals surface area contributed by atoms with E-state index in [4.69, 9.17) is 17.3 Å². The Balaban J connectivity index is 2.31. The van der Waals surface area contributed by atoms with Gasteiger partial charge in [-0.2, -0.15) is 0 Å². The Kier molecular flexibility index (Phi) is 4.81. The molecule has 0 amide bonds. The molecule has 0 radical (unpaired) electrons. The topological polar surface area (TPSA) is 46.2 Å². The maximum Gasteiger partial charge on any atom is 0.0892 e. The maximum atomic E-state index is 10.5. The average Bonchev–Trinajstić information content (AvgIpc) is 2.83. The SMILES string of the molecule is NCC(c1cccs1)C(O)c1ccc(Br)cc1Cl. The second-order valence-electron chi connectivity index (χ2n) is 3.97. The van der Waals surface area contributed by atoms with Crippen LogP contribution in [0.5, 0.6) is 0 Å².